The first-order valence-corrected chi connectivity index (χ1v) is 11.1. The maximum atomic E-state index is 12.6. The van der Waals surface area contributed by atoms with Crippen molar-refractivity contribution in [2.45, 2.75) is 17.7 Å². The molecule has 1 saturated heterocycles. The lowest BCUT2D eigenvalue weighted by molar-refractivity contribution is -0.130. The molecule has 1 fully saturated rings. The second-order valence-corrected chi connectivity index (χ2v) is 8.24. The second-order valence-electron chi connectivity index (χ2n) is 7.19. The van der Waals surface area contributed by atoms with Gasteiger partial charge in [-0.3, -0.25) is 9.59 Å². The minimum absolute atomic E-state index is 0.0660. The van der Waals surface area contributed by atoms with E-state index in [0.29, 0.717) is 30.3 Å². The van der Waals surface area contributed by atoms with Crippen molar-refractivity contribution >= 4 is 23.6 Å². The van der Waals surface area contributed by atoms with Crippen molar-refractivity contribution in [3.05, 3.63) is 54.6 Å². The highest BCUT2D eigenvalue weighted by Gasteiger charge is 2.24. The molecular formula is C23H28N2O4S. The van der Waals surface area contributed by atoms with Crippen molar-refractivity contribution in [1.82, 2.24) is 10.2 Å². The third-order valence-electron chi connectivity index (χ3n) is 4.99. The first-order valence-electron chi connectivity index (χ1n) is 10.1. The summed E-state index contributed by atoms with van der Waals surface area (Å²) < 4.78 is 10.8. The quantitative estimate of drug-likeness (QED) is 0.621. The zero-order chi connectivity index (χ0) is 21.2. The Bertz CT molecular complexity index is 831. The zero-order valence-corrected chi connectivity index (χ0v) is 18.0. The van der Waals surface area contributed by atoms with Crippen LogP contribution in [0, 0.1) is 5.92 Å². The largest absolute Gasteiger partial charge is 0.493 e. The molecule has 0 radical (unpaired) electrons. The highest BCUT2D eigenvalue weighted by Crippen LogP contribution is 2.25. The molecule has 7 heteroatoms. The van der Waals surface area contributed by atoms with Crippen molar-refractivity contribution in [2.24, 2.45) is 5.92 Å². The number of nitrogens with one attached hydrogen (secondary N) is 1. The van der Waals surface area contributed by atoms with Crippen LogP contribution in [0.2, 0.25) is 0 Å². The van der Waals surface area contributed by atoms with Crippen LogP contribution in [-0.4, -0.2) is 55.8 Å². The molecule has 6 nitrogen and oxygen atoms in total. The van der Waals surface area contributed by atoms with Crippen LogP contribution in [0.5, 0.6) is 11.5 Å². The van der Waals surface area contributed by atoms with Gasteiger partial charge in [0.25, 0.3) is 5.91 Å². The maximum absolute atomic E-state index is 12.6. The number of piperidine rings is 1. The third kappa shape index (κ3) is 6.69. The molecule has 30 heavy (non-hydrogen) atoms. The zero-order valence-electron chi connectivity index (χ0n) is 17.2. The van der Waals surface area contributed by atoms with Gasteiger partial charge in [-0.2, -0.15) is 0 Å². The van der Waals surface area contributed by atoms with E-state index >= 15 is 0 Å². The molecule has 0 unspecified atom stereocenters. The van der Waals surface area contributed by atoms with Crippen molar-refractivity contribution in [1.29, 1.82) is 0 Å². The molecule has 1 atom stereocenters. The summed E-state index contributed by atoms with van der Waals surface area (Å²) in [5.41, 5.74) is 0. The molecule has 2 aromatic carbocycles. The molecule has 0 spiro atoms. The lowest BCUT2D eigenvalue weighted by Gasteiger charge is -2.33. The van der Waals surface area contributed by atoms with E-state index in [9.17, 15) is 9.59 Å². The van der Waals surface area contributed by atoms with E-state index in [0.717, 1.165) is 24.3 Å². The van der Waals surface area contributed by atoms with Gasteiger partial charge in [0.1, 0.15) is 0 Å². The predicted octanol–water partition coefficient (Wildman–Crippen LogP) is 3.22. The fraction of sp³-hybridized carbons (Fsp3) is 0.391. The number of likely N-dealkylation sites (tertiary alicyclic amines) is 1. The fourth-order valence-corrected chi connectivity index (χ4v) is 4.22. The Morgan fingerprint density at radius 2 is 1.83 bits per heavy atom. The number of amides is 2. The van der Waals surface area contributed by atoms with E-state index in [1.54, 1.807) is 31.0 Å². The van der Waals surface area contributed by atoms with Crippen molar-refractivity contribution in [3.8, 4) is 11.5 Å². The van der Waals surface area contributed by atoms with E-state index in [2.05, 4.69) is 5.32 Å². The van der Waals surface area contributed by atoms with Gasteiger partial charge < -0.3 is 19.7 Å². The summed E-state index contributed by atoms with van der Waals surface area (Å²) in [4.78, 5) is 27.8. The van der Waals surface area contributed by atoms with Crippen LogP contribution in [0.4, 0.5) is 0 Å². The number of hydrogen-bond acceptors (Lipinski definition) is 5. The predicted molar refractivity (Wildman–Crippen MR) is 118 cm³/mol. The first kappa shape index (κ1) is 22.0. The Labute approximate surface area is 181 Å². The van der Waals surface area contributed by atoms with Gasteiger partial charge in [0, 0.05) is 24.5 Å². The summed E-state index contributed by atoms with van der Waals surface area (Å²) in [5, 5.41) is 2.93. The van der Waals surface area contributed by atoms with Gasteiger partial charge in [-0.05, 0) is 43.0 Å². The van der Waals surface area contributed by atoms with Gasteiger partial charge in [-0.15, -0.1) is 11.8 Å². The van der Waals surface area contributed by atoms with Gasteiger partial charge in [0.15, 0.2) is 18.1 Å². The van der Waals surface area contributed by atoms with Crippen LogP contribution in [0.1, 0.15) is 12.8 Å². The van der Waals surface area contributed by atoms with Crippen molar-refractivity contribution < 1.29 is 19.1 Å². The van der Waals surface area contributed by atoms with E-state index in [1.807, 2.05) is 47.4 Å². The number of ether oxygens (including phenoxy) is 2. The second kappa shape index (κ2) is 11.5. The van der Waals surface area contributed by atoms with Gasteiger partial charge >= 0.3 is 0 Å². The standard InChI is InChI=1S/C23H28N2O4S/c1-28-20-11-5-6-12-21(20)29-16-22(26)24-14-18-8-7-13-25(15-18)23(27)17-30-19-9-3-2-4-10-19/h2-6,9-12,18H,7-8,13-17H2,1H3,(H,24,26)/t18-/m1/s1. The van der Waals surface area contributed by atoms with Gasteiger partial charge in [-0.1, -0.05) is 30.3 Å². The van der Waals surface area contributed by atoms with E-state index < -0.39 is 0 Å². The molecule has 2 aromatic rings. The molecule has 0 saturated carbocycles. The Morgan fingerprint density at radius 1 is 1.10 bits per heavy atom. The topological polar surface area (TPSA) is 67.9 Å². The monoisotopic (exact) mass is 428 g/mol. The number of benzene rings is 2. The van der Waals surface area contributed by atoms with E-state index in [1.165, 1.54) is 0 Å². The summed E-state index contributed by atoms with van der Waals surface area (Å²) in [6.45, 7) is 1.95. The van der Waals surface area contributed by atoms with E-state index in [-0.39, 0.29) is 24.3 Å². The van der Waals surface area contributed by atoms with Crippen LogP contribution in [0.15, 0.2) is 59.5 Å². The molecule has 0 aliphatic carbocycles. The molecule has 160 valence electrons. The Hall–Kier alpha value is -2.67. The van der Waals surface area contributed by atoms with Crippen LogP contribution >= 0.6 is 11.8 Å². The molecule has 1 N–H and O–H groups in total. The highest BCUT2D eigenvalue weighted by molar-refractivity contribution is 8.00. The average Bonchev–Trinajstić information content (AvgIpc) is 2.80. The lowest BCUT2D eigenvalue weighted by Crippen LogP contribution is -2.44. The molecule has 2 amide bonds. The Morgan fingerprint density at radius 3 is 2.60 bits per heavy atom. The van der Waals surface area contributed by atoms with Gasteiger partial charge in [0.2, 0.25) is 5.91 Å². The minimum Gasteiger partial charge on any atom is -0.493 e. The summed E-state index contributed by atoms with van der Waals surface area (Å²) in [6.07, 6.45) is 1.96. The summed E-state index contributed by atoms with van der Waals surface area (Å²) in [6, 6.07) is 17.2. The number of nitrogens with zero attached hydrogens (tertiary/aromatic N) is 1. The molecule has 1 aliphatic rings. The number of para-hydroxylation sites is 2. The lowest BCUT2D eigenvalue weighted by atomic mass is 9.98. The number of carbonyl (C=O) groups excluding carboxylic acids is 2. The van der Waals surface area contributed by atoms with Crippen molar-refractivity contribution in [2.75, 3.05) is 39.1 Å². The van der Waals surface area contributed by atoms with Crippen LogP contribution in [0.3, 0.4) is 0 Å². The molecule has 3 rings (SSSR count). The number of rotatable bonds is 9. The maximum Gasteiger partial charge on any atom is 0.257 e. The normalized spacial score (nSPS) is 16.0. The van der Waals surface area contributed by atoms with Crippen LogP contribution in [0.25, 0.3) is 0 Å². The number of thioether (sulfide) groups is 1. The SMILES string of the molecule is COc1ccccc1OCC(=O)NC[C@H]1CCCN(C(=O)CSc2ccccc2)C1. The van der Waals surface area contributed by atoms with Crippen LogP contribution in [-0.2, 0) is 9.59 Å². The molecule has 0 aromatic heterocycles. The summed E-state index contributed by atoms with van der Waals surface area (Å²) in [7, 11) is 1.57. The Balaban J connectivity index is 1.39. The Kier molecular flexibility index (Phi) is 8.44. The van der Waals surface area contributed by atoms with Gasteiger partial charge in [-0.25, -0.2) is 0 Å². The average molecular weight is 429 g/mol. The minimum atomic E-state index is -0.177. The summed E-state index contributed by atoms with van der Waals surface area (Å²) in [5.74, 6) is 1.82. The molecular weight excluding hydrogens is 400 g/mol. The number of carbonyl (C=O) groups is 2. The van der Waals surface area contributed by atoms with Crippen LogP contribution < -0.4 is 14.8 Å². The molecule has 1 heterocycles. The third-order valence-corrected chi connectivity index (χ3v) is 5.99. The number of hydrogen-bond donors (Lipinski definition) is 1. The fourth-order valence-electron chi connectivity index (χ4n) is 3.40. The summed E-state index contributed by atoms with van der Waals surface area (Å²) >= 11 is 1.56. The highest BCUT2D eigenvalue weighted by atomic mass is 32.2. The molecule has 0 bridgehead atoms. The van der Waals surface area contributed by atoms with Crippen molar-refractivity contribution in [3.63, 3.8) is 0 Å². The number of methoxy groups -OCH3 is 1. The first-order chi connectivity index (χ1) is 14.7. The smallest absolute Gasteiger partial charge is 0.257 e. The van der Waals surface area contributed by atoms with Gasteiger partial charge in [0.05, 0.1) is 12.9 Å². The molecule has 1 aliphatic heterocycles. The van der Waals surface area contributed by atoms with E-state index in [4.69, 9.17) is 9.47 Å².